The van der Waals surface area contributed by atoms with Crippen LogP contribution in [0.1, 0.15) is 39.5 Å². The molecule has 2 aliphatic rings. The van der Waals surface area contributed by atoms with E-state index in [1.54, 1.807) is 12.5 Å². The summed E-state index contributed by atoms with van der Waals surface area (Å²) in [5, 5.41) is 7.94. The van der Waals surface area contributed by atoms with Crippen molar-refractivity contribution in [2.24, 2.45) is 0 Å². The van der Waals surface area contributed by atoms with Crippen LogP contribution in [0.4, 0.5) is 5.82 Å². The van der Waals surface area contributed by atoms with Crippen LogP contribution < -0.4 is 5.32 Å². The summed E-state index contributed by atoms with van der Waals surface area (Å²) in [4.78, 5) is 13.8. The van der Waals surface area contributed by atoms with Crippen molar-refractivity contribution in [1.29, 1.82) is 0 Å². The second-order valence-corrected chi connectivity index (χ2v) is 7.72. The van der Waals surface area contributed by atoms with E-state index in [9.17, 15) is 0 Å². The van der Waals surface area contributed by atoms with Crippen LogP contribution in [0.3, 0.4) is 0 Å². The average Bonchev–Trinajstić information content (AvgIpc) is 3.30. The highest BCUT2D eigenvalue weighted by atomic mass is 15.3. The molecule has 0 atom stereocenters. The van der Waals surface area contributed by atoms with Crippen LogP contribution in [0.2, 0.25) is 0 Å². The highest BCUT2D eigenvalue weighted by Crippen LogP contribution is 2.36. The third-order valence-corrected chi connectivity index (χ3v) is 6.04. The molecule has 7 heteroatoms. The van der Waals surface area contributed by atoms with Crippen LogP contribution in [-0.4, -0.2) is 73.7 Å². The molecule has 0 aromatic carbocycles. The Morgan fingerprint density at radius 2 is 1.88 bits per heavy atom. The molecule has 2 fully saturated rings. The molecular weight excluding hydrogens is 314 g/mol. The topological polar surface area (TPSA) is 61.6 Å². The van der Waals surface area contributed by atoms with Gasteiger partial charge in [-0.15, -0.1) is 0 Å². The smallest absolute Gasteiger partial charge is 0.175 e. The SMILES string of the molecule is CC(C)N1CCN(C2(CNc3cncc4ncnn34)CCCC2)CC1. The molecule has 7 nitrogen and oxygen atoms in total. The van der Waals surface area contributed by atoms with Gasteiger partial charge in [-0.2, -0.15) is 9.61 Å². The Morgan fingerprint density at radius 1 is 1.12 bits per heavy atom. The van der Waals surface area contributed by atoms with Crippen LogP contribution in [0.5, 0.6) is 0 Å². The maximum absolute atomic E-state index is 4.31. The Kier molecular flexibility index (Phi) is 4.60. The van der Waals surface area contributed by atoms with Crippen LogP contribution >= 0.6 is 0 Å². The van der Waals surface area contributed by atoms with Crippen LogP contribution in [0.25, 0.3) is 5.65 Å². The summed E-state index contributed by atoms with van der Waals surface area (Å²) in [7, 11) is 0. The van der Waals surface area contributed by atoms with E-state index in [4.69, 9.17) is 0 Å². The lowest BCUT2D eigenvalue weighted by Crippen LogP contribution is -2.59. The van der Waals surface area contributed by atoms with Crippen molar-refractivity contribution in [3.63, 3.8) is 0 Å². The van der Waals surface area contributed by atoms with Gasteiger partial charge in [-0.05, 0) is 26.7 Å². The van der Waals surface area contributed by atoms with Gasteiger partial charge in [0.25, 0.3) is 0 Å². The standard InChI is InChI=1S/C18H29N7/c1-15(2)23-7-9-24(10-8-23)18(5-3-4-6-18)13-20-16-11-19-12-17-21-14-22-25(16)17/h11-12,14-15,20H,3-10,13H2,1-2H3. The number of hydrogen-bond acceptors (Lipinski definition) is 6. The minimum atomic E-state index is 0.270. The number of rotatable bonds is 5. The van der Waals surface area contributed by atoms with E-state index in [0.717, 1.165) is 18.0 Å². The Hall–Kier alpha value is -1.73. The Balaban J connectivity index is 1.47. The molecule has 136 valence electrons. The summed E-state index contributed by atoms with van der Waals surface area (Å²) in [6, 6.07) is 0.649. The van der Waals surface area contributed by atoms with Crippen LogP contribution in [0, 0.1) is 0 Å². The molecule has 1 saturated carbocycles. The van der Waals surface area contributed by atoms with Gasteiger partial charge >= 0.3 is 0 Å². The number of piperazine rings is 1. The number of anilines is 1. The molecule has 2 aromatic rings. The first-order chi connectivity index (χ1) is 12.2. The highest BCUT2D eigenvalue weighted by molar-refractivity contribution is 5.44. The minimum absolute atomic E-state index is 0.270. The average molecular weight is 343 g/mol. The fourth-order valence-electron chi connectivity index (χ4n) is 4.48. The minimum Gasteiger partial charge on any atom is -0.367 e. The predicted molar refractivity (Wildman–Crippen MR) is 98.8 cm³/mol. The molecule has 25 heavy (non-hydrogen) atoms. The van der Waals surface area contributed by atoms with E-state index >= 15 is 0 Å². The fraction of sp³-hybridized carbons (Fsp3) is 0.722. The molecule has 1 saturated heterocycles. The number of fused-ring (bicyclic) bond motifs is 1. The van der Waals surface area contributed by atoms with Crippen molar-refractivity contribution < 1.29 is 0 Å². The van der Waals surface area contributed by atoms with Gasteiger partial charge in [-0.3, -0.25) is 14.8 Å². The maximum Gasteiger partial charge on any atom is 0.175 e. The van der Waals surface area contributed by atoms with Gasteiger partial charge in [0.2, 0.25) is 0 Å². The molecule has 0 radical (unpaired) electrons. The first-order valence-electron chi connectivity index (χ1n) is 9.55. The van der Waals surface area contributed by atoms with Gasteiger partial charge in [0.05, 0.1) is 12.4 Å². The molecule has 0 unspecified atom stereocenters. The van der Waals surface area contributed by atoms with E-state index in [1.807, 2.05) is 10.7 Å². The quantitative estimate of drug-likeness (QED) is 0.894. The lowest BCUT2D eigenvalue weighted by atomic mass is 9.93. The van der Waals surface area contributed by atoms with Crippen molar-refractivity contribution in [1.82, 2.24) is 29.4 Å². The lowest BCUT2D eigenvalue weighted by Gasteiger charge is -2.47. The zero-order chi connectivity index (χ0) is 17.3. The lowest BCUT2D eigenvalue weighted by molar-refractivity contribution is 0.0312. The fourth-order valence-corrected chi connectivity index (χ4v) is 4.48. The third kappa shape index (κ3) is 3.22. The second-order valence-electron chi connectivity index (χ2n) is 7.72. The van der Waals surface area contributed by atoms with Crippen LogP contribution in [0.15, 0.2) is 18.7 Å². The highest BCUT2D eigenvalue weighted by Gasteiger charge is 2.40. The summed E-state index contributed by atoms with van der Waals surface area (Å²) < 4.78 is 1.84. The van der Waals surface area contributed by atoms with Gasteiger partial charge in [0, 0.05) is 44.3 Å². The Morgan fingerprint density at radius 3 is 2.60 bits per heavy atom. The summed E-state index contributed by atoms with van der Waals surface area (Å²) in [5.41, 5.74) is 1.06. The molecule has 3 heterocycles. The van der Waals surface area contributed by atoms with Crippen molar-refractivity contribution in [2.45, 2.75) is 51.1 Å². The van der Waals surface area contributed by atoms with Crippen LogP contribution in [-0.2, 0) is 0 Å². The van der Waals surface area contributed by atoms with E-state index in [2.05, 4.69) is 44.0 Å². The van der Waals surface area contributed by atoms with E-state index in [-0.39, 0.29) is 5.54 Å². The summed E-state index contributed by atoms with van der Waals surface area (Å²) >= 11 is 0. The van der Waals surface area contributed by atoms with E-state index in [1.165, 1.54) is 51.9 Å². The molecule has 2 aromatic heterocycles. The van der Waals surface area contributed by atoms with Gasteiger partial charge in [0.15, 0.2) is 5.65 Å². The van der Waals surface area contributed by atoms with Crippen molar-refractivity contribution in [2.75, 3.05) is 38.0 Å². The van der Waals surface area contributed by atoms with Gasteiger partial charge in [-0.1, -0.05) is 12.8 Å². The number of hydrogen-bond donors (Lipinski definition) is 1. The largest absolute Gasteiger partial charge is 0.367 e. The summed E-state index contributed by atoms with van der Waals surface area (Å²) in [6.45, 7) is 10.3. The maximum atomic E-state index is 4.31. The Labute approximate surface area is 149 Å². The van der Waals surface area contributed by atoms with Gasteiger partial charge in [-0.25, -0.2) is 4.98 Å². The molecule has 1 aliphatic carbocycles. The molecule has 4 rings (SSSR count). The summed E-state index contributed by atoms with van der Waals surface area (Å²) in [6.07, 6.45) is 10.4. The predicted octanol–water partition coefficient (Wildman–Crippen LogP) is 1.87. The zero-order valence-electron chi connectivity index (χ0n) is 15.4. The molecule has 0 amide bonds. The zero-order valence-corrected chi connectivity index (χ0v) is 15.4. The Bertz CT molecular complexity index is 696. The molecular formula is C18H29N7. The van der Waals surface area contributed by atoms with Crippen molar-refractivity contribution in [3.8, 4) is 0 Å². The normalized spacial score (nSPS) is 22.0. The number of nitrogens with zero attached hydrogens (tertiary/aromatic N) is 6. The first-order valence-corrected chi connectivity index (χ1v) is 9.55. The molecule has 0 bridgehead atoms. The van der Waals surface area contributed by atoms with E-state index < -0.39 is 0 Å². The number of nitrogens with one attached hydrogen (secondary N) is 1. The third-order valence-electron chi connectivity index (χ3n) is 6.04. The monoisotopic (exact) mass is 343 g/mol. The molecule has 1 aliphatic heterocycles. The second kappa shape index (κ2) is 6.88. The van der Waals surface area contributed by atoms with Gasteiger partial charge < -0.3 is 5.32 Å². The van der Waals surface area contributed by atoms with Gasteiger partial charge in [0.1, 0.15) is 12.1 Å². The first kappa shape index (κ1) is 16.7. The van der Waals surface area contributed by atoms with E-state index in [0.29, 0.717) is 6.04 Å². The summed E-state index contributed by atoms with van der Waals surface area (Å²) in [5.74, 6) is 0.932. The number of aromatic nitrogens is 4. The molecule has 0 spiro atoms. The van der Waals surface area contributed by atoms with Crippen molar-refractivity contribution in [3.05, 3.63) is 18.7 Å². The molecule has 1 N–H and O–H groups in total. The van der Waals surface area contributed by atoms with Crippen molar-refractivity contribution >= 4 is 11.5 Å².